The lowest BCUT2D eigenvalue weighted by Crippen LogP contribution is -2.16. The third-order valence-electron chi connectivity index (χ3n) is 2.74. The van der Waals surface area contributed by atoms with E-state index in [9.17, 15) is 10.1 Å². The van der Waals surface area contributed by atoms with Gasteiger partial charge in [-0.05, 0) is 18.9 Å². The molecule has 0 amide bonds. The first-order chi connectivity index (χ1) is 9.62. The molecule has 0 radical (unpaired) electrons. The maximum atomic E-state index is 10.9. The second-order valence-electron chi connectivity index (χ2n) is 4.44. The van der Waals surface area contributed by atoms with E-state index in [-0.39, 0.29) is 17.5 Å². The fourth-order valence-corrected chi connectivity index (χ4v) is 1.77. The molecule has 1 aromatic carbocycles. The van der Waals surface area contributed by atoms with Crippen LogP contribution in [0, 0.1) is 22.5 Å². The number of rotatable bonds is 8. The number of nitrogens with zero attached hydrogens (tertiary/aromatic N) is 1. The highest BCUT2D eigenvalue weighted by molar-refractivity contribution is 5.58. The molecular formula is C15H20N2O3. The molecule has 1 atom stereocenters. The summed E-state index contributed by atoms with van der Waals surface area (Å²) in [6.07, 6.45) is 8.05. The van der Waals surface area contributed by atoms with Crippen LogP contribution in [0.4, 0.5) is 11.4 Å². The third kappa shape index (κ3) is 4.47. The van der Waals surface area contributed by atoms with Crippen LogP contribution in [0.1, 0.15) is 33.1 Å². The number of terminal acetylenes is 1. The number of ether oxygens (including phenoxy) is 1. The van der Waals surface area contributed by atoms with Gasteiger partial charge in [0, 0.05) is 17.8 Å². The molecule has 1 unspecified atom stereocenters. The highest BCUT2D eigenvalue weighted by Gasteiger charge is 2.16. The molecule has 5 heteroatoms. The molecule has 5 nitrogen and oxygen atoms in total. The Hall–Kier alpha value is -2.22. The van der Waals surface area contributed by atoms with Crippen LogP contribution < -0.4 is 10.1 Å². The summed E-state index contributed by atoms with van der Waals surface area (Å²) in [5.74, 6) is 2.94. The van der Waals surface area contributed by atoms with Gasteiger partial charge in [0.05, 0.1) is 17.6 Å². The van der Waals surface area contributed by atoms with E-state index in [1.807, 2.05) is 6.92 Å². The fraction of sp³-hybridized carbons (Fsp3) is 0.467. The van der Waals surface area contributed by atoms with E-state index in [2.05, 4.69) is 18.2 Å². The molecule has 0 aliphatic carbocycles. The van der Waals surface area contributed by atoms with Crippen molar-refractivity contribution in [3.63, 3.8) is 0 Å². The molecule has 0 bridgehead atoms. The average molecular weight is 276 g/mol. The zero-order valence-electron chi connectivity index (χ0n) is 11.9. The van der Waals surface area contributed by atoms with Gasteiger partial charge in [0.1, 0.15) is 0 Å². The molecule has 1 N–H and O–H groups in total. The van der Waals surface area contributed by atoms with Gasteiger partial charge in [-0.15, -0.1) is 6.42 Å². The summed E-state index contributed by atoms with van der Waals surface area (Å²) in [7, 11) is 0. The van der Waals surface area contributed by atoms with Crippen LogP contribution in [0.5, 0.6) is 5.75 Å². The average Bonchev–Trinajstić information content (AvgIpc) is 2.44. The standard InChI is InChI=1S/C15H20N2O3/c1-4-7-12(6-3)16-13-8-9-14(17(18)19)15(11-13)20-10-5-2/h3,8-9,11-12,16H,4-5,7,10H2,1-2H3. The summed E-state index contributed by atoms with van der Waals surface area (Å²) in [6, 6.07) is 4.64. The van der Waals surface area contributed by atoms with E-state index in [0.29, 0.717) is 6.61 Å². The Balaban J connectivity index is 2.93. The fourth-order valence-electron chi connectivity index (χ4n) is 1.77. The van der Waals surface area contributed by atoms with E-state index >= 15 is 0 Å². The first kappa shape index (κ1) is 15.8. The van der Waals surface area contributed by atoms with Crippen molar-refractivity contribution in [1.82, 2.24) is 0 Å². The van der Waals surface area contributed by atoms with E-state index < -0.39 is 4.92 Å². The molecule has 1 rings (SSSR count). The number of nitro groups is 1. The van der Waals surface area contributed by atoms with Gasteiger partial charge < -0.3 is 10.1 Å². The van der Waals surface area contributed by atoms with Gasteiger partial charge in [-0.3, -0.25) is 10.1 Å². The normalized spacial score (nSPS) is 11.4. The molecule has 0 spiro atoms. The largest absolute Gasteiger partial charge is 0.487 e. The molecule has 0 saturated heterocycles. The van der Waals surface area contributed by atoms with Gasteiger partial charge in [0.15, 0.2) is 5.75 Å². The van der Waals surface area contributed by atoms with Gasteiger partial charge >= 0.3 is 5.69 Å². The monoisotopic (exact) mass is 276 g/mol. The van der Waals surface area contributed by atoms with Gasteiger partial charge in [0.25, 0.3) is 0 Å². The predicted octanol–water partition coefficient (Wildman–Crippen LogP) is 3.60. The minimum Gasteiger partial charge on any atom is -0.487 e. The van der Waals surface area contributed by atoms with Crippen LogP contribution in [0.15, 0.2) is 18.2 Å². The van der Waals surface area contributed by atoms with Crippen molar-refractivity contribution in [2.75, 3.05) is 11.9 Å². The molecule has 0 heterocycles. The van der Waals surface area contributed by atoms with Gasteiger partial charge in [-0.25, -0.2) is 0 Å². The Morgan fingerprint density at radius 1 is 1.45 bits per heavy atom. The van der Waals surface area contributed by atoms with Crippen LogP contribution in [-0.2, 0) is 0 Å². The van der Waals surface area contributed by atoms with Gasteiger partial charge in [-0.2, -0.15) is 0 Å². The minimum absolute atomic E-state index is 0.0308. The van der Waals surface area contributed by atoms with Crippen LogP contribution in [0.3, 0.4) is 0 Å². The lowest BCUT2D eigenvalue weighted by Gasteiger charge is -2.14. The number of hydrogen-bond acceptors (Lipinski definition) is 4. The summed E-state index contributed by atoms with van der Waals surface area (Å²) >= 11 is 0. The van der Waals surface area contributed by atoms with Crippen molar-refractivity contribution in [2.45, 2.75) is 39.2 Å². The number of hydrogen-bond donors (Lipinski definition) is 1. The molecule has 0 saturated carbocycles. The molecular weight excluding hydrogens is 256 g/mol. The van der Waals surface area contributed by atoms with E-state index in [4.69, 9.17) is 11.2 Å². The van der Waals surface area contributed by atoms with E-state index in [0.717, 1.165) is 24.9 Å². The number of benzene rings is 1. The zero-order valence-corrected chi connectivity index (χ0v) is 11.9. The van der Waals surface area contributed by atoms with Crippen molar-refractivity contribution in [3.05, 3.63) is 28.3 Å². The molecule has 20 heavy (non-hydrogen) atoms. The lowest BCUT2D eigenvalue weighted by molar-refractivity contribution is -0.385. The maximum absolute atomic E-state index is 10.9. The topological polar surface area (TPSA) is 64.4 Å². The third-order valence-corrected chi connectivity index (χ3v) is 2.74. The second kappa shape index (κ2) is 8.05. The first-order valence-electron chi connectivity index (χ1n) is 6.76. The second-order valence-corrected chi connectivity index (χ2v) is 4.44. The summed E-state index contributed by atoms with van der Waals surface area (Å²) in [4.78, 5) is 10.5. The molecule has 0 aromatic heterocycles. The van der Waals surface area contributed by atoms with Crippen LogP contribution >= 0.6 is 0 Å². The van der Waals surface area contributed by atoms with Crippen LogP contribution in [0.25, 0.3) is 0 Å². The Morgan fingerprint density at radius 3 is 2.75 bits per heavy atom. The van der Waals surface area contributed by atoms with Crippen molar-refractivity contribution in [2.24, 2.45) is 0 Å². The predicted molar refractivity (Wildman–Crippen MR) is 80.0 cm³/mol. The molecule has 1 aromatic rings. The smallest absolute Gasteiger partial charge is 0.311 e. The summed E-state index contributed by atoms with van der Waals surface area (Å²) < 4.78 is 5.43. The van der Waals surface area contributed by atoms with Crippen molar-refractivity contribution >= 4 is 11.4 Å². The van der Waals surface area contributed by atoms with E-state index in [1.54, 1.807) is 12.1 Å². The minimum atomic E-state index is -0.445. The quantitative estimate of drug-likeness (QED) is 0.447. The highest BCUT2D eigenvalue weighted by atomic mass is 16.6. The maximum Gasteiger partial charge on any atom is 0.311 e. The van der Waals surface area contributed by atoms with Crippen molar-refractivity contribution in [1.29, 1.82) is 0 Å². The number of nitrogens with one attached hydrogen (secondary N) is 1. The Labute approximate surface area is 119 Å². The zero-order chi connectivity index (χ0) is 15.0. The van der Waals surface area contributed by atoms with Gasteiger partial charge in [-0.1, -0.05) is 26.2 Å². The van der Waals surface area contributed by atoms with Crippen molar-refractivity contribution < 1.29 is 9.66 Å². The Kier molecular flexibility index (Phi) is 6.38. The van der Waals surface area contributed by atoms with Crippen LogP contribution in [0.2, 0.25) is 0 Å². The molecule has 0 aliphatic rings. The summed E-state index contributed by atoms with van der Waals surface area (Å²) in [5.41, 5.74) is 0.704. The summed E-state index contributed by atoms with van der Waals surface area (Å²) in [6.45, 7) is 4.44. The SMILES string of the molecule is C#CC(CCC)Nc1ccc([N+](=O)[O-])c(OCCC)c1. The molecule has 0 aliphatic heterocycles. The summed E-state index contributed by atoms with van der Waals surface area (Å²) in [5, 5.41) is 14.1. The number of anilines is 1. The lowest BCUT2D eigenvalue weighted by atomic mass is 10.1. The van der Waals surface area contributed by atoms with Crippen LogP contribution in [-0.4, -0.2) is 17.6 Å². The molecule has 0 fully saturated rings. The Bertz CT molecular complexity index is 494. The first-order valence-corrected chi connectivity index (χ1v) is 6.76. The Morgan fingerprint density at radius 2 is 2.20 bits per heavy atom. The van der Waals surface area contributed by atoms with Crippen molar-refractivity contribution in [3.8, 4) is 18.1 Å². The van der Waals surface area contributed by atoms with E-state index in [1.165, 1.54) is 6.07 Å². The number of nitro benzene ring substituents is 1. The van der Waals surface area contributed by atoms with Gasteiger partial charge in [0.2, 0.25) is 0 Å². The molecule has 108 valence electrons. The highest BCUT2D eigenvalue weighted by Crippen LogP contribution is 2.30.